The van der Waals surface area contributed by atoms with Crippen molar-refractivity contribution in [2.75, 3.05) is 31.2 Å². The second-order valence-corrected chi connectivity index (χ2v) is 6.81. The van der Waals surface area contributed by atoms with Crippen LogP contribution in [0.4, 0.5) is 5.69 Å². The Morgan fingerprint density at radius 1 is 1.00 bits per heavy atom. The maximum atomic E-state index is 11.5. The lowest BCUT2D eigenvalue weighted by Crippen LogP contribution is -2.36. The summed E-state index contributed by atoms with van der Waals surface area (Å²) in [5.41, 5.74) is 12.2. The Morgan fingerprint density at radius 3 is 2.37 bits per heavy atom. The van der Waals surface area contributed by atoms with Gasteiger partial charge in [0.05, 0.1) is 18.8 Å². The number of hydrogen-bond acceptors (Lipinski definition) is 3. The molecule has 138 valence electrons. The van der Waals surface area contributed by atoms with Crippen LogP contribution in [0.25, 0.3) is 22.4 Å². The number of morpholine rings is 1. The highest BCUT2D eigenvalue weighted by molar-refractivity contribution is 5.95. The number of aromatic nitrogens is 1. The second kappa shape index (κ2) is 7.29. The third-order valence-electron chi connectivity index (χ3n) is 5.03. The molecule has 1 fully saturated rings. The van der Waals surface area contributed by atoms with Crippen molar-refractivity contribution in [1.29, 1.82) is 0 Å². The van der Waals surface area contributed by atoms with Crippen molar-refractivity contribution in [3.05, 3.63) is 65.9 Å². The number of primary amides is 1. The van der Waals surface area contributed by atoms with Gasteiger partial charge in [-0.2, -0.15) is 0 Å². The average molecular weight is 361 g/mol. The molecule has 0 saturated carbocycles. The van der Waals surface area contributed by atoms with Crippen LogP contribution in [0.1, 0.15) is 16.1 Å². The molecule has 0 aliphatic carbocycles. The van der Waals surface area contributed by atoms with Crippen molar-refractivity contribution in [1.82, 2.24) is 4.98 Å². The molecule has 0 radical (unpaired) electrons. The summed E-state index contributed by atoms with van der Waals surface area (Å²) >= 11 is 0. The number of nitrogens with zero attached hydrogens (tertiary/aromatic N) is 1. The molecule has 3 N–H and O–H groups in total. The third kappa shape index (κ3) is 3.59. The molecule has 0 spiro atoms. The normalized spacial score (nSPS) is 14.3. The number of hydrogen-bond donors (Lipinski definition) is 2. The van der Waals surface area contributed by atoms with Crippen LogP contribution in [0, 0.1) is 6.92 Å². The lowest BCUT2D eigenvalue weighted by molar-refractivity contribution is 0.1000. The number of nitrogens with one attached hydrogen (secondary N) is 1. The Hall–Kier alpha value is -3.05. The molecular weight excluding hydrogens is 338 g/mol. The highest BCUT2D eigenvalue weighted by Gasteiger charge is 2.13. The van der Waals surface area contributed by atoms with Gasteiger partial charge < -0.3 is 20.4 Å². The van der Waals surface area contributed by atoms with Gasteiger partial charge in [-0.05, 0) is 41.8 Å². The predicted octanol–water partition coefficient (Wildman–Crippen LogP) is 3.59. The first-order valence-electron chi connectivity index (χ1n) is 9.15. The van der Waals surface area contributed by atoms with Gasteiger partial charge in [-0.15, -0.1) is 0 Å². The van der Waals surface area contributed by atoms with E-state index in [1.165, 1.54) is 11.3 Å². The number of benzene rings is 2. The molecule has 2 aromatic carbocycles. The molecule has 2 heterocycles. The number of nitrogens with two attached hydrogens (primary N) is 1. The van der Waals surface area contributed by atoms with Gasteiger partial charge in [-0.25, -0.2) is 0 Å². The van der Waals surface area contributed by atoms with Crippen molar-refractivity contribution in [2.45, 2.75) is 6.92 Å². The molecular formula is C22H23N3O2. The fraction of sp³-hybridized carbons (Fsp3) is 0.227. The summed E-state index contributed by atoms with van der Waals surface area (Å²) in [5, 5.41) is 0. The van der Waals surface area contributed by atoms with Gasteiger partial charge in [0, 0.05) is 30.2 Å². The molecule has 1 aliphatic rings. The van der Waals surface area contributed by atoms with E-state index in [0.29, 0.717) is 5.56 Å². The highest BCUT2D eigenvalue weighted by atomic mass is 16.5. The third-order valence-corrected chi connectivity index (χ3v) is 5.03. The van der Waals surface area contributed by atoms with Crippen LogP contribution in [0.15, 0.2) is 54.6 Å². The monoisotopic (exact) mass is 361 g/mol. The quantitative estimate of drug-likeness (QED) is 0.746. The van der Waals surface area contributed by atoms with Crippen LogP contribution in [-0.2, 0) is 4.74 Å². The number of aryl methyl sites for hydroxylation is 1. The molecule has 5 nitrogen and oxygen atoms in total. The van der Waals surface area contributed by atoms with Gasteiger partial charge in [0.15, 0.2) is 0 Å². The van der Waals surface area contributed by atoms with E-state index in [2.05, 4.69) is 58.4 Å². The lowest BCUT2D eigenvalue weighted by atomic mass is 10.0. The Balaban J connectivity index is 1.59. The Labute approximate surface area is 158 Å². The standard InChI is InChI=1S/C22H23N3O2/c1-15-20(22(23)26)14-21(24-15)17-7-5-16(6-8-17)18-3-2-4-19(13-18)25-9-11-27-12-10-25/h2-8,13-14,24H,9-12H2,1H3,(H2,23,26). The van der Waals surface area contributed by atoms with E-state index >= 15 is 0 Å². The molecule has 0 bridgehead atoms. The SMILES string of the molecule is Cc1[nH]c(-c2ccc(-c3cccc(N4CCOCC4)c3)cc2)cc1C(N)=O. The summed E-state index contributed by atoms with van der Waals surface area (Å²) in [6, 6.07) is 18.7. The number of carbonyl (C=O) groups excluding carboxylic acids is 1. The van der Waals surface area contributed by atoms with Gasteiger partial charge in [0.1, 0.15) is 0 Å². The molecule has 1 saturated heterocycles. The smallest absolute Gasteiger partial charge is 0.250 e. The second-order valence-electron chi connectivity index (χ2n) is 6.81. The maximum Gasteiger partial charge on any atom is 0.250 e. The largest absolute Gasteiger partial charge is 0.378 e. The van der Waals surface area contributed by atoms with E-state index in [1.807, 2.05) is 13.0 Å². The van der Waals surface area contributed by atoms with Crippen molar-refractivity contribution >= 4 is 11.6 Å². The lowest BCUT2D eigenvalue weighted by Gasteiger charge is -2.29. The summed E-state index contributed by atoms with van der Waals surface area (Å²) in [6.07, 6.45) is 0. The van der Waals surface area contributed by atoms with E-state index in [1.54, 1.807) is 0 Å². The van der Waals surface area contributed by atoms with Gasteiger partial charge in [-0.1, -0.05) is 36.4 Å². The van der Waals surface area contributed by atoms with Crippen LogP contribution in [0.2, 0.25) is 0 Å². The zero-order valence-electron chi connectivity index (χ0n) is 15.4. The minimum atomic E-state index is -0.411. The van der Waals surface area contributed by atoms with Crippen LogP contribution in [0.5, 0.6) is 0 Å². The Bertz CT molecular complexity index is 954. The van der Waals surface area contributed by atoms with Gasteiger partial charge in [0.25, 0.3) is 5.91 Å². The zero-order chi connectivity index (χ0) is 18.8. The summed E-state index contributed by atoms with van der Waals surface area (Å²) < 4.78 is 5.44. The van der Waals surface area contributed by atoms with E-state index < -0.39 is 5.91 Å². The molecule has 5 heteroatoms. The first-order chi connectivity index (χ1) is 13.1. The number of anilines is 1. The Morgan fingerprint density at radius 2 is 1.70 bits per heavy atom. The molecule has 1 aromatic heterocycles. The summed E-state index contributed by atoms with van der Waals surface area (Å²) in [5.74, 6) is -0.411. The number of aromatic amines is 1. The fourth-order valence-corrected chi connectivity index (χ4v) is 3.52. The molecule has 0 atom stereocenters. The molecule has 0 unspecified atom stereocenters. The molecule has 1 amide bonds. The van der Waals surface area contributed by atoms with Crippen LogP contribution in [-0.4, -0.2) is 37.2 Å². The van der Waals surface area contributed by atoms with Crippen molar-refractivity contribution in [2.24, 2.45) is 5.73 Å². The topological polar surface area (TPSA) is 71.3 Å². The van der Waals surface area contributed by atoms with Crippen molar-refractivity contribution in [3.63, 3.8) is 0 Å². The van der Waals surface area contributed by atoms with Gasteiger partial charge >= 0.3 is 0 Å². The van der Waals surface area contributed by atoms with Crippen LogP contribution in [0.3, 0.4) is 0 Å². The highest BCUT2D eigenvalue weighted by Crippen LogP contribution is 2.28. The molecule has 3 aromatic rings. The van der Waals surface area contributed by atoms with E-state index in [-0.39, 0.29) is 0 Å². The number of carbonyl (C=O) groups is 1. The first kappa shape index (κ1) is 17.4. The van der Waals surface area contributed by atoms with E-state index in [0.717, 1.165) is 48.8 Å². The maximum absolute atomic E-state index is 11.5. The van der Waals surface area contributed by atoms with Crippen molar-refractivity contribution < 1.29 is 9.53 Å². The fourth-order valence-electron chi connectivity index (χ4n) is 3.52. The zero-order valence-corrected chi connectivity index (χ0v) is 15.4. The Kier molecular flexibility index (Phi) is 4.69. The minimum Gasteiger partial charge on any atom is -0.378 e. The first-order valence-corrected chi connectivity index (χ1v) is 9.15. The van der Waals surface area contributed by atoms with E-state index in [4.69, 9.17) is 10.5 Å². The van der Waals surface area contributed by atoms with Gasteiger partial charge in [-0.3, -0.25) is 4.79 Å². The molecule has 27 heavy (non-hydrogen) atoms. The average Bonchev–Trinajstić information content (AvgIpc) is 3.11. The van der Waals surface area contributed by atoms with E-state index in [9.17, 15) is 4.79 Å². The molecule has 1 aliphatic heterocycles. The number of rotatable bonds is 4. The summed E-state index contributed by atoms with van der Waals surface area (Å²) in [6.45, 7) is 5.27. The van der Waals surface area contributed by atoms with Crippen LogP contribution < -0.4 is 10.6 Å². The number of ether oxygens (including phenoxy) is 1. The predicted molar refractivity (Wildman–Crippen MR) is 108 cm³/mol. The van der Waals surface area contributed by atoms with Gasteiger partial charge in [0.2, 0.25) is 0 Å². The summed E-state index contributed by atoms with van der Waals surface area (Å²) in [4.78, 5) is 17.0. The number of amides is 1. The van der Waals surface area contributed by atoms with Crippen LogP contribution >= 0.6 is 0 Å². The molecule has 4 rings (SSSR count). The minimum absolute atomic E-state index is 0.411. The summed E-state index contributed by atoms with van der Waals surface area (Å²) in [7, 11) is 0. The number of H-pyrrole nitrogens is 1. The van der Waals surface area contributed by atoms with Crippen molar-refractivity contribution in [3.8, 4) is 22.4 Å².